The maximum atomic E-state index is 12.7. The normalized spacial score (nSPS) is 16.7. The molecule has 3 heterocycles. The molecule has 6 nitrogen and oxygen atoms in total. The lowest BCUT2D eigenvalue weighted by Crippen LogP contribution is -2.42. The van der Waals surface area contributed by atoms with Crippen molar-refractivity contribution in [3.8, 4) is 5.75 Å². The van der Waals surface area contributed by atoms with E-state index in [9.17, 15) is 18.0 Å². The van der Waals surface area contributed by atoms with Gasteiger partial charge in [-0.15, -0.1) is 13.2 Å². The van der Waals surface area contributed by atoms with Crippen molar-refractivity contribution in [2.75, 3.05) is 18.5 Å². The molecule has 1 amide bonds. The number of amides is 1. The SMILES string of the molecule is O=C(CC1(n2cccc2)CCOCC1)Nc1nc2ccc(OC(F)(F)F)cc2s1. The van der Waals surface area contributed by atoms with Crippen molar-refractivity contribution in [1.29, 1.82) is 0 Å². The number of carbonyl (C=O) groups is 1. The van der Waals surface area contributed by atoms with Crippen LogP contribution < -0.4 is 10.1 Å². The van der Waals surface area contributed by atoms with Crippen molar-refractivity contribution in [3.05, 3.63) is 42.7 Å². The quantitative estimate of drug-likeness (QED) is 0.652. The lowest BCUT2D eigenvalue weighted by Gasteiger charge is -2.38. The number of benzene rings is 1. The molecule has 1 aliphatic heterocycles. The average molecular weight is 425 g/mol. The second-order valence-corrected chi connectivity index (χ2v) is 7.88. The Bertz CT molecular complexity index is 995. The summed E-state index contributed by atoms with van der Waals surface area (Å²) in [4.78, 5) is 17.0. The number of hydrogen-bond donors (Lipinski definition) is 1. The van der Waals surface area contributed by atoms with E-state index >= 15 is 0 Å². The van der Waals surface area contributed by atoms with Gasteiger partial charge in [-0.3, -0.25) is 4.79 Å². The fraction of sp³-hybridized carbons (Fsp3) is 0.368. The van der Waals surface area contributed by atoms with Gasteiger partial charge in [-0.1, -0.05) is 11.3 Å². The maximum absolute atomic E-state index is 12.7. The van der Waals surface area contributed by atoms with Crippen LogP contribution in [0.1, 0.15) is 19.3 Å². The molecule has 1 N–H and O–H groups in total. The highest BCUT2D eigenvalue weighted by atomic mass is 32.1. The van der Waals surface area contributed by atoms with Gasteiger partial charge in [-0.05, 0) is 37.1 Å². The molecule has 29 heavy (non-hydrogen) atoms. The molecule has 1 saturated heterocycles. The first kappa shape index (κ1) is 19.7. The molecular weight excluding hydrogens is 407 g/mol. The lowest BCUT2D eigenvalue weighted by molar-refractivity contribution is -0.274. The Labute approximate surface area is 168 Å². The van der Waals surface area contributed by atoms with Crippen molar-refractivity contribution in [3.63, 3.8) is 0 Å². The van der Waals surface area contributed by atoms with Crippen LogP contribution in [0.25, 0.3) is 10.2 Å². The van der Waals surface area contributed by atoms with Crippen LogP contribution >= 0.6 is 11.3 Å². The Morgan fingerprint density at radius 3 is 2.69 bits per heavy atom. The van der Waals surface area contributed by atoms with E-state index in [2.05, 4.69) is 15.0 Å². The van der Waals surface area contributed by atoms with Gasteiger partial charge in [0, 0.05) is 31.7 Å². The minimum absolute atomic E-state index is 0.202. The zero-order valence-electron chi connectivity index (χ0n) is 15.2. The predicted octanol–water partition coefficient (Wildman–Crippen LogP) is 4.53. The van der Waals surface area contributed by atoms with Gasteiger partial charge in [0.25, 0.3) is 0 Å². The molecule has 0 spiro atoms. The summed E-state index contributed by atoms with van der Waals surface area (Å²) in [5.74, 6) is -0.522. The number of nitrogens with zero attached hydrogens (tertiary/aromatic N) is 2. The van der Waals surface area contributed by atoms with Gasteiger partial charge < -0.3 is 19.4 Å². The number of fused-ring (bicyclic) bond motifs is 1. The zero-order valence-corrected chi connectivity index (χ0v) is 16.1. The second kappa shape index (κ2) is 7.68. The van der Waals surface area contributed by atoms with E-state index in [-0.39, 0.29) is 23.6 Å². The molecule has 10 heteroatoms. The summed E-state index contributed by atoms with van der Waals surface area (Å²) in [6, 6.07) is 7.73. The molecule has 1 fully saturated rings. The van der Waals surface area contributed by atoms with E-state index in [4.69, 9.17) is 4.74 Å². The van der Waals surface area contributed by atoms with Crippen LogP contribution in [-0.4, -0.2) is 35.0 Å². The van der Waals surface area contributed by atoms with Crippen LogP contribution in [0.3, 0.4) is 0 Å². The molecule has 1 aromatic carbocycles. The summed E-state index contributed by atoms with van der Waals surface area (Å²) in [7, 11) is 0. The van der Waals surface area contributed by atoms with Crippen molar-refractivity contribution in [2.45, 2.75) is 31.2 Å². The molecule has 0 saturated carbocycles. The second-order valence-electron chi connectivity index (χ2n) is 6.85. The molecule has 0 atom stereocenters. The van der Waals surface area contributed by atoms with Crippen LogP contribution in [0.5, 0.6) is 5.75 Å². The van der Waals surface area contributed by atoms with Crippen LogP contribution in [0.15, 0.2) is 42.7 Å². The molecule has 154 valence electrons. The van der Waals surface area contributed by atoms with Gasteiger partial charge in [0.2, 0.25) is 5.91 Å². The Kier molecular flexibility index (Phi) is 5.22. The number of carbonyl (C=O) groups excluding carboxylic acids is 1. The average Bonchev–Trinajstić information content (AvgIpc) is 3.30. The number of thiazole rings is 1. The third-order valence-electron chi connectivity index (χ3n) is 4.91. The van der Waals surface area contributed by atoms with Crippen molar-refractivity contribution >= 4 is 32.6 Å². The Hall–Kier alpha value is -2.59. The minimum Gasteiger partial charge on any atom is -0.406 e. The molecular formula is C19H18F3N3O3S. The third kappa shape index (κ3) is 4.54. The van der Waals surface area contributed by atoms with E-state index in [1.54, 1.807) is 0 Å². The van der Waals surface area contributed by atoms with Crippen LogP contribution in [0.2, 0.25) is 0 Å². The summed E-state index contributed by atoms with van der Waals surface area (Å²) >= 11 is 1.10. The largest absolute Gasteiger partial charge is 0.573 e. The maximum Gasteiger partial charge on any atom is 0.573 e. The Morgan fingerprint density at radius 2 is 2.00 bits per heavy atom. The van der Waals surface area contributed by atoms with Gasteiger partial charge in [-0.2, -0.15) is 0 Å². The standard InChI is InChI=1S/C19H18F3N3O3S/c20-19(21,22)28-13-3-4-14-15(11-13)29-17(23-14)24-16(26)12-18(5-9-27-10-6-18)25-7-1-2-8-25/h1-4,7-8,11H,5-6,9-10,12H2,(H,23,24,26). The highest BCUT2D eigenvalue weighted by Gasteiger charge is 2.36. The number of halogens is 3. The van der Waals surface area contributed by atoms with Gasteiger partial charge >= 0.3 is 6.36 Å². The van der Waals surface area contributed by atoms with E-state index in [0.717, 1.165) is 11.3 Å². The van der Waals surface area contributed by atoms with Crippen LogP contribution in [-0.2, 0) is 15.1 Å². The van der Waals surface area contributed by atoms with Crippen LogP contribution in [0, 0.1) is 0 Å². The molecule has 2 aromatic heterocycles. The fourth-order valence-electron chi connectivity index (χ4n) is 3.55. The van der Waals surface area contributed by atoms with Gasteiger partial charge in [0.05, 0.1) is 22.2 Å². The molecule has 0 radical (unpaired) electrons. The molecule has 1 aliphatic rings. The van der Waals surface area contributed by atoms with Gasteiger partial charge in [0.1, 0.15) is 5.75 Å². The smallest absolute Gasteiger partial charge is 0.406 e. The monoisotopic (exact) mass is 425 g/mol. The van der Waals surface area contributed by atoms with Gasteiger partial charge in [0.15, 0.2) is 5.13 Å². The summed E-state index contributed by atoms with van der Waals surface area (Å²) < 4.78 is 49.1. The summed E-state index contributed by atoms with van der Waals surface area (Å²) in [6.07, 6.45) is 0.812. The van der Waals surface area contributed by atoms with E-state index in [1.165, 1.54) is 18.2 Å². The summed E-state index contributed by atoms with van der Waals surface area (Å²) in [5, 5.41) is 3.12. The first-order chi connectivity index (χ1) is 13.8. The van der Waals surface area contributed by atoms with E-state index in [1.807, 2.05) is 29.1 Å². The highest BCUT2D eigenvalue weighted by molar-refractivity contribution is 7.22. The molecule has 0 aliphatic carbocycles. The van der Waals surface area contributed by atoms with Crippen molar-refractivity contribution in [1.82, 2.24) is 9.55 Å². The number of rotatable bonds is 5. The van der Waals surface area contributed by atoms with Gasteiger partial charge in [-0.25, -0.2) is 4.98 Å². The number of aromatic nitrogens is 2. The third-order valence-corrected chi connectivity index (χ3v) is 5.84. The minimum atomic E-state index is -4.76. The summed E-state index contributed by atoms with van der Waals surface area (Å²) in [6.45, 7) is 1.16. The first-order valence-corrected chi connectivity index (χ1v) is 9.82. The number of ether oxygens (including phenoxy) is 2. The Balaban J connectivity index is 1.49. The molecule has 4 rings (SSSR count). The number of alkyl halides is 3. The number of nitrogens with one attached hydrogen (secondary N) is 1. The number of hydrogen-bond acceptors (Lipinski definition) is 5. The number of anilines is 1. The summed E-state index contributed by atoms with van der Waals surface area (Å²) in [5.41, 5.74) is 0.127. The molecule has 3 aromatic rings. The van der Waals surface area contributed by atoms with E-state index < -0.39 is 6.36 Å². The predicted molar refractivity (Wildman–Crippen MR) is 102 cm³/mol. The lowest BCUT2D eigenvalue weighted by atomic mass is 9.86. The fourth-order valence-corrected chi connectivity index (χ4v) is 4.46. The van der Waals surface area contributed by atoms with Crippen molar-refractivity contribution in [2.24, 2.45) is 0 Å². The first-order valence-electron chi connectivity index (χ1n) is 9.00. The molecule has 0 bridgehead atoms. The topological polar surface area (TPSA) is 65.4 Å². The molecule has 0 unspecified atom stereocenters. The Morgan fingerprint density at radius 1 is 1.28 bits per heavy atom. The zero-order chi connectivity index (χ0) is 20.5. The van der Waals surface area contributed by atoms with Crippen LogP contribution in [0.4, 0.5) is 18.3 Å². The highest BCUT2D eigenvalue weighted by Crippen LogP contribution is 2.35. The van der Waals surface area contributed by atoms with Crippen molar-refractivity contribution < 1.29 is 27.4 Å². The van der Waals surface area contributed by atoms with E-state index in [0.29, 0.717) is 41.4 Å².